The molecule has 190 valence electrons. The summed E-state index contributed by atoms with van der Waals surface area (Å²) in [4.78, 5) is 12.8. The minimum Gasteiger partial charge on any atom is -0.598 e. The monoisotopic (exact) mass is 498 g/mol. The summed E-state index contributed by atoms with van der Waals surface area (Å²) in [5, 5.41) is 3.20. The molecule has 0 spiro atoms. The van der Waals surface area contributed by atoms with Crippen LogP contribution in [0.15, 0.2) is 42.5 Å². The van der Waals surface area contributed by atoms with Crippen molar-refractivity contribution in [2.75, 3.05) is 13.2 Å². The predicted octanol–water partition coefficient (Wildman–Crippen LogP) is 4.64. The van der Waals surface area contributed by atoms with Gasteiger partial charge in [-0.3, -0.25) is 4.79 Å². The van der Waals surface area contributed by atoms with Gasteiger partial charge >= 0.3 is 0 Å². The molecule has 0 radical (unpaired) electrons. The zero-order chi connectivity index (χ0) is 25.0. The van der Waals surface area contributed by atoms with Gasteiger partial charge in [0.1, 0.15) is 17.1 Å². The van der Waals surface area contributed by atoms with Gasteiger partial charge in [0.15, 0.2) is 0 Å². The predicted molar refractivity (Wildman–Crippen MR) is 140 cm³/mol. The second-order valence-corrected chi connectivity index (χ2v) is 12.6. The van der Waals surface area contributed by atoms with Gasteiger partial charge in [-0.05, 0) is 101 Å². The maximum atomic E-state index is 12.8. The highest BCUT2D eigenvalue weighted by Gasteiger charge is 2.29. The second kappa shape index (κ2) is 11.3. The highest BCUT2D eigenvalue weighted by Crippen LogP contribution is 2.27. The molecular weight excluding hydrogens is 460 g/mol. The van der Waals surface area contributed by atoms with Crippen LogP contribution in [0.4, 0.5) is 0 Å². The fourth-order valence-electron chi connectivity index (χ4n) is 4.51. The summed E-state index contributed by atoms with van der Waals surface area (Å²) >= 11 is -1.12. The first-order valence-corrected chi connectivity index (χ1v) is 13.8. The molecule has 1 aliphatic carbocycles. The number of rotatable bonds is 8. The summed E-state index contributed by atoms with van der Waals surface area (Å²) in [6.07, 6.45) is 4.95. The highest BCUT2D eigenvalue weighted by molar-refractivity contribution is 7.90. The standard InChI is InChI=1S/C28H38N2O4S/c1-19(30-35(32)28(2,3)4)21-7-8-23-17-24(12-9-22(23)16-21)29-27(31)20-10-13-25(14-11-20)34-18-26-6-5-15-33-26/h7-8,10-11,13-14,16,19,24,26,30H,5-6,9,12,15,17-18H2,1-4H3,(H,29,31)/t19-,24?,26?,35+/m0/s1. The SMILES string of the molecule is C[C@H](N[S@+]([O-])C(C)(C)C)c1ccc2c(c1)CCC(NC(=O)c1ccc(OCC3CCCO3)cc1)C2. The maximum absolute atomic E-state index is 12.8. The molecule has 6 nitrogen and oxygen atoms in total. The lowest BCUT2D eigenvalue weighted by Gasteiger charge is -2.28. The van der Waals surface area contributed by atoms with E-state index in [0.29, 0.717) is 12.2 Å². The molecule has 2 unspecified atom stereocenters. The Morgan fingerprint density at radius 2 is 1.94 bits per heavy atom. The van der Waals surface area contributed by atoms with Crippen molar-refractivity contribution in [2.45, 2.75) is 82.7 Å². The van der Waals surface area contributed by atoms with Gasteiger partial charge in [0.2, 0.25) is 0 Å². The van der Waals surface area contributed by atoms with Crippen molar-refractivity contribution in [1.82, 2.24) is 10.0 Å². The Morgan fingerprint density at radius 3 is 2.63 bits per heavy atom. The van der Waals surface area contributed by atoms with Crippen LogP contribution in [0.25, 0.3) is 0 Å². The lowest BCUT2D eigenvalue weighted by molar-refractivity contribution is 0.0679. The first-order valence-electron chi connectivity index (χ1n) is 12.6. The second-order valence-electron chi connectivity index (χ2n) is 10.6. The van der Waals surface area contributed by atoms with E-state index >= 15 is 0 Å². The number of carbonyl (C=O) groups excluding carboxylic acids is 1. The lowest BCUT2D eigenvalue weighted by atomic mass is 9.86. The number of ether oxygens (including phenoxy) is 2. The molecule has 4 rings (SSSR count). The molecule has 2 aliphatic rings. The van der Waals surface area contributed by atoms with E-state index in [0.717, 1.165) is 50.0 Å². The quantitative estimate of drug-likeness (QED) is 0.518. The molecule has 1 fully saturated rings. The van der Waals surface area contributed by atoms with Crippen LogP contribution in [0, 0.1) is 0 Å². The van der Waals surface area contributed by atoms with E-state index in [2.05, 4.69) is 35.2 Å². The van der Waals surface area contributed by atoms with Crippen LogP contribution in [0.3, 0.4) is 0 Å². The zero-order valence-electron chi connectivity index (χ0n) is 21.3. The largest absolute Gasteiger partial charge is 0.598 e. The van der Waals surface area contributed by atoms with E-state index < -0.39 is 11.4 Å². The number of amides is 1. The molecule has 2 aromatic carbocycles. The molecule has 1 aliphatic heterocycles. The molecule has 0 aromatic heterocycles. The van der Waals surface area contributed by atoms with Gasteiger partial charge in [-0.15, -0.1) is 4.72 Å². The molecule has 1 saturated heterocycles. The molecule has 1 heterocycles. The van der Waals surface area contributed by atoms with Gasteiger partial charge in [0.25, 0.3) is 5.91 Å². The van der Waals surface area contributed by atoms with Crippen molar-refractivity contribution >= 4 is 17.3 Å². The fraction of sp³-hybridized carbons (Fsp3) is 0.536. The van der Waals surface area contributed by atoms with Crippen LogP contribution >= 0.6 is 0 Å². The smallest absolute Gasteiger partial charge is 0.251 e. The number of nitrogens with one attached hydrogen (secondary N) is 2. The van der Waals surface area contributed by atoms with E-state index in [1.54, 1.807) is 0 Å². The van der Waals surface area contributed by atoms with Crippen LogP contribution < -0.4 is 14.8 Å². The summed E-state index contributed by atoms with van der Waals surface area (Å²) in [6.45, 7) is 9.33. The van der Waals surface area contributed by atoms with E-state index in [4.69, 9.17) is 9.47 Å². The van der Waals surface area contributed by atoms with Crippen LogP contribution in [0.5, 0.6) is 5.75 Å². The number of hydrogen-bond acceptors (Lipinski definition) is 5. The summed E-state index contributed by atoms with van der Waals surface area (Å²) < 4.78 is 26.8. The van der Waals surface area contributed by atoms with E-state index in [9.17, 15) is 9.35 Å². The third kappa shape index (κ3) is 7.00. The summed E-state index contributed by atoms with van der Waals surface area (Å²) in [5.74, 6) is 0.706. The van der Waals surface area contributed by atoms with Crippen molar-refractivity contribution < 1.29 is 18.8 Å². The van der Waals surface area contributed by atoms with E-state index in [-0.39, 0.29) is 28.8 Å². The zero-order valence-corrected chi connectivity index (χ0v) is 22.1. The average Bonchev–Trinajstić information content (AvgIpc) is 3.36. The first kappa shape index (κ1) is 26.0. The molecular formula is C28H38N2O4S. The molecule has 2 N–H and O–H groups in total. The first-order chi connectivity index (χ1) is 16.7. The van der Waals surface area contributed by atoms with Crippen LogP contribution in [-0.2, 0) is 28.9 Å². The van der Waals surface area contributed by atoms with Crippen molar-refractivity contribution in [1.29, 1.82) is 0 Å². The Balaban J connectivity index is 1.29. The molecule has 4 atom stereocenters. The molecule has 35 heavy (non-hydrogen) atoms. The summed E-state index contributed by atoms with van der Waals surface area (Å²) in [7, 11) is 0. The highest BCUT2D eigenvalue weighted by atomic mass is 32.2. The van der Waals surface area contributed by atoms with Crippen LogP contribution in [0.1, 0.15) is 80.0 Å². The van der Waals surface area contributed by atoms with Gasteiger partial charge in [-0.2, -0.15) is 0 Å². The Hall–Kier alpha value is -2.06. The van der Waals surface area contributed by atoms with E-state index in [1.807, 2.05) is 45.0 Å². The molecule has 0 saturated carbocycles. The fourth-order valence-corrected chi connectivity index (χ4v) is 5.32. The molecule has 0 bridgehead atoms. The van der Waals surface area contributed by atoms with Gasteiger partial charge in [-0.1, -0.05) is 18.2 Å². The summed E-state index contributed by atoms with van der Waals surface area (Å²) in [6, 6.07) is 13.9. The minimum atomic E-state index is -1.12. The van der Waals surface area contributed by atoms with Crippen LogP contribution in [-0.4, -0.2) is 40.6 Å². The maximum Gasteiger partial charge on any atom is 0.251 e. The third-order valence-corrected chi connectivity index (χ3v) is 8.39. The Bertz CT molecular complexity index is 999. The van der Waals surface area contributed by atoms with Crippen molar-refractivity contribution in [3.63, 3.8) is 0 Å². The van der Waals surface area contributed by atoms with Gasteiger partial charge in [-0.25, -0.2) is 0 Å². The Morgan fingerprint density at radius 1 is 1.17 bits per heavy atom. The molecule has 1 amide bonds. The summed E-state index contributed by atoms with van der Waals surface area (Å²) in [5.41, 5.74) is 4.37. The van der Waals surface area contributed by atoms with Gasteiger partial charge < -0.3 is 19.3 Å². The Kier molecular flexibility index (Phi) is 8.42. The van der Waals surface area contributed by atoms with Crippen molar-refractivity contribution in [3.8, 4) is 5.75 Å². The Labute approximate surface area is 212 Å². The number of carbonyl (C=O) groups is 1. The number of fused-ring (bicyclic) bond motifs is 1. The van der Waals surface area contributed by atoms with E-state index in [1.165, 1.54) is 11.1 Å². The minimum absolute atomic E-state index is 0.00965. The number of aryl methyl sites for hydroxylation is 1. The molecule has 7 heteroatoms. The number of hydrogen-bond donors (Lipinski definition) is 2. The normalized spacial score (nSPS) is 21.7. The topological polar surface area (TPSA) is 82.7 Å². The van der Waals surface area contributed by atoms with Crippen LogP contribution in [0.2, 0.25) is 0 Å². The van der Waals surface area contributed by atoms with Gasteiger partial charge in [0, 0.05) is 29.6 Å². The lowest BCUT2D eigenvalue weighted by Crippen LogP contribution is -2.40. The molecule has 2 aromatic rings. The van der Waals surface area contributed by atoms with Crippen molar-refractivity contribution in [2.24, 2.45) is 0 Å². The number of benzene rings is 2. The van der Waals surface area contributed by atoms with Gasteiger partial charge in [0.05, 0.1) is 12.1 Å². The third-order valence-electron chi connectivity index (χ3n) is 6.71. The average molecular weight is 499 g/mol. The van der Waals surface area contributed by atoms with Crippen molar-refractivity contribution in [3.05, 3.63) is 64.7 Å².